The van der Waals surface area contributed by atoms with Crippen molar-refractivity contribution in [2.24, 2.45) is 0 Å². The van der Waals surface area contributed by atoms with Crippen LogP contribution in [0.3, 0.4) is 0 Å². The molecule has 0 saturated heterocycles. The third-order valence-electron chi connectivity index (χ3n) is 6.12. The van der Waals surface area contributed by atoms with Gasteiger partial charge in [0.2, 0.25) is 0 Å². The Kier molecular flexibility index (Phi) is 14.0. The molecular formula is C31H26ClCuF3IN4O6. The molecule has 1 aliphatic heterocycles. The van der Waals surface area contributed by atoms with Gasteiger partial charge in [0.05, 0.1) is 42.2 Å². The minimum atomic E-state index is -4.48. The second-order valence-corrected chi connectivity index (χ2v) is 12.9. The molecule has 10 nitrogen and oxygen atoms in total. The monoisotopic (exact) mass is 832 g/mol. The van der Waals surface area contributed by atoms with Crippen LogP contribution < -0.4 is 10.6 Å². The van der Waals surface area contributed by atoms with Crippen molar-refractivity contribution in [2.45, 2.75) is 6.18 Å². The standard InChI is InChI=1S/C12H9F3N2O2.C11H10N2O2.C8H7IO2.ClH.Cu/c1-19-11(18)17-9-5-4-8(12(13,14)15)7-3-2-6-16-10(7)9;1-15-11(14)13-9-6-2-4-8-5-3-7-12-10(8)9;1-9-7-5-3-2-4-6(7)8(10)11-9;;/h2-6H,1H3,(H,17,18);2-7H,1H3,(H,13,14);2-5H,1H3;1H;/q;;;;+1/p-1. The summed E-state index contributed by atoms with van der Waals surface area (Å²) in [6.45, 7) is 0. The average Bonchev–Trinajstić information content (AvgIpc) is 3.38. The van der Waals surface area contributed by atoms with E-state index in [0.29, 0.717) is 5.69 Å². The van der Waals surface area contributed by atoms with Crippen LogP contribution in [0.4, 0.5) is 34.1 Å². The fourth-order valence-corrected chi connectivity index (χ4v) is 7.10. The molecule has 47 heavy (non-hydrogen) atoms. The summed E-state index contributed by atoms with van der Waals surface area (Å²) in [5.41, 5.74) is 1.61. The Morgan fingerprint density at radius 1 is 0.809 bits per heavy atom. The third-order valence-corrected chi connectivity index (χ3v) is 9.76. The topological polar surface area (TPSA) is 129 Å². The number of hydrogen-bond donors (Lipinski definition) is 2. The SMILES string of the molecule is CI1OC(=O)c2ccccc21.COC(=O)Nc1ccc(C(F)(F)F)c2cccnc12.COC(=O)Nc1cccc2cccnc12.[Cl][Cu]. The van der Waals surface area contributed by atoms with E-state index in [9.17, 15) is 27.6 Å². The van der Waals surface area contributed by atoms with Gasteiger partial charge in [0.1, 0.15) is 0 Å². The van der Waals surface area contributed by atoms with Crippen LogP contribution in [0.15, 0.2) is 91.3 Å². The fraction of sp³-hybridized carbons (Fsp3) is 0.129. The molecule has 3 aromatic carbocycles. The number of methoxy groups -OCH3 is 2. The van der Waals surface area contributed by atoms with Crippen molar-refractivity contribution in [1.82, 2.24) is 9.97 Å². The molecule has 16 heteroatoms. The zero-order valence-electron chi connectivity index (χ0n) is 24.7. The van der Waals surface area contributed by atoms with Crippen molar-refractivity contribution in [3.63, 3.8) is 0 Å². The van der Waals surface area contributed by atoms with E-state index in [2.05, 4.69) is 55.3 Å². The van der Waals surface area contributed by atoms with E-state index >= 15 is 0 Å². The molecule has 0 saturated carbocycles. The van der Waals surface area contributed by atoms with Crippen LogP contribution in [-0.4, -0.2) is 47.3 Å². The molecule has 0 unspecified atom stereocenters. The first kappa shape index (κ1) is 37.3. The van der Waals surface area contributed by atoms with Crippen molar-refractivity contribution in [3.05, 3.63) is 106 Å². The van der Waals surface area contributed by atoms with Crippen LogP contribution in [0.5, 0.6) is 0 Å². The van der Waals surface area contributed by atoms with Gasteiger partial charge in [0.15, 0.2) is 0 Å². The summed E-state index contributed by atoms with van der Waals surface area (Å²) in [5, 5.41) is 5.83. The Labute approximate surface area is 287 Å². The van der Waals surface area contributed by atoms with Gasteiger partial charge in [-0.1, -0.05) is 24.3 Å². The summed E-state index contributed by atoms with van der Waals surface area (Å²) in [6.07, 6.45) is -2.71. The summed E-state index contributed by atoms with van der Waals surface area (Å²) < 4.78 is 53.7. The number of alkyl halides is 4. The van der Waals surface area contributed by atoms with E-state index in [-0.39, 0.29) is 22.6 Å². The molecule has 5 aromatic rings. The number of carbonyl (C=O) groups excluding carboxylic acids is 3. The minimum absolute atomic E-state index is 0.0581. The molecule has 2 N–H and O–H groups in total. The molecule has 0 spiro atoms. The van der Waals surface area contributed by atoms with Gasteiger partial charge in [-0.2, -0.15) is 13.2 Å². The Morgan fingerprint density at radius 2 is 1.38 bits per heavy atom. The molecule has 6 rings (SSSR count). The number of hydrogen-bond acceptors (Lipinski definition) is 8. The van der Waals surface area contributed by atoms with Crippen LogP contribution in [-0.2, 0) is 33.8 Å². The van der Waals surface area contributed by atoms with Crippen molar-refractivity contribution >= 4 is 81.7 Å². The number of benzene rings is 3. The fourth-order valence-electron chi connectivity index (χ4n) is 4.09. The van der Waals surface area contributed by atoms with Crippen LogP contribution in [0.25, 0.3) is 21.8 Å². The van der Waals surface area contributed by atoms with Crippen molar-refractivity contribution in [2.75, 3.05) is 29.8 Å². The van der Waals surface area contributed by atoms with Gasteiger partial charge in [-0.15, -0.1) is 0 Å². The maximum absolute atomic E-state index is 12.8. The second kappa shape index (κ2) is 17.7. The Hall–Kier alpha value is -4.18. The predicted molar refractivity (Wildman–Crippen MR) is 177 cm³/mol. The van der Waals surface area contributed by atoms with Gasteiger partial charge >= 0.3 is 116 Å². The summed E-state index contributed by atoms with van der Waals surface area (Å²) in [4.78, 5) is 43.4. The van der Waals surface area contributed by atoms with Crippen molar-refractivity contribution in [1.29, 1.82) is 0 Å². The number of para-hydroxylation sites is 1. The normalized spacial score (nSPS) is 12.1. The Balaban J connectivity index is 0.000000192. The zero-order valence-corrected chi connectivity index (χ0v) is 28.6. The number of pyridine rings is 2. The van der Waals surface area contributed by atoms with E-state index < -0.39 is 44.2 Å². The van der Waals surface area contributed by atoms with Crippen LogP contribution in [0.2, 0.25) is 0 Å². The van der Waals surface area contributed by atoms with Gasteiger partial charge < -0.3 is 9.47 Å². The number of amides is 2. The molecule has 2 amide bonds. The average molecular weight is 833 g/mol. The van der Waals surface area contributed by atoms with Gasteiger partial charge in [0.25, 0.3) is 0 Å². The van der Waals surface area contributed by atoms with E-state index in [1.165, 1.54) is 25.4 Å². The first-order valence-electron chi connectivity index (χ1n) is 13.0. The molecule has 0 fully saturated rings. The maximum atomic E-state index is 12.8. The molecule has 0 atom stereocenters. The van der Waals surface area contributed by atoms with Crippen LogP contribution in [0.1, 0.15) is 15.9 Å². The Bertz CT molecular complexity index is 1860. The number of anilines is 2. The molecular weight excluding hydrogens is 807 g/mol. The summed E-state index contributed by atoms with van der Waals surface area (Å²) >= 11 is 2.14. The molecule has 1 aliphatic rings. The number of fused-ring (bicyclic) bond motifs is 3. The third kappa shape index (κ3) is 9.91. The Morgan fingerprint density at radius 3 is 2.00 bits per heavy atom. The first-order chi connectivity index (χ1) is 22.5. The van der Waals surface area contributed by atoms with Gasteiger partial charge in [-0.25, -0.2) is 9.59 Å². The molecule has 0 bridgehead atoms. The summed E-state index contributed by atoms with van der Waals surface area (Å²) in [6, 6.07) is 21.8. The number of aromatic nitrogens is 2. The van der Waals surface area contributed by atoms with Crippen LogP contribution >= 0.6 is 30.3 Å². The number of halogens is 5. The molecule has 2 aromatic heterocycles. The number of carbonyl (C=O) groups is 3. The number of nitrogens with zero attached hydrogens (tertiary/aromatic N) is 2. The molecule has 0 aliphatic carbocycles. The van der Waals surface area contributed by atoms with E-state index in [1.807, 2.05) is 53.5 Å². The first-order valence-corrected chi connectivity index (χ1v) is 18.5. The number of nitrogens with one attached hydrogen (secondary N) is 2. The van der Waals surface area contributed by atoms with Crippen molar-refractivity contribution in [3.8, 4) is 0 Å². The second-order valence-electron chi connectivity index (χ2n) is 8.94. The van der Waals surface area contributed by atoms with Crippen LogP contribution in [0, 0.1) is 3.57 Å². The molecule has 3 heterocycles. The quantitative estimate of drug-likeness (QED) is 0.103. The summed E-state index contributed by atoms with van der Waals surface area (Å²) in [7, 11) is 6.69. The van der Waals surface area contributed by atoms with Gasteiger partial charge in [-0.05, 0) is 30.3 Å². The molecule has 0 radical (unpaired) electrons. The number of rotatable bonds is 2. The van der Waals surface area contributed by atoms with Gasteiger partial charge in [-0.3, -0.25) is 20.6 Å². The van der Waals surface area contributed by atoms with E-state index in [4.69, 9.17) is 3.07 Å². The predicted octanol–water partition coefficient (Wildman–Crippen LogP) is 8.61. The van der Waals surface area contributed by atoms with E-state index in [0.717, 1.165) is 39.3 Å². The van der Waals surface area contributed by atoms with Gasteiger partial charge in [0, 0.05) is 23.2 Å². The van der Waals surface area contributed by atoms with E-state index in [1.54, 1.807) is 12.3 Å². The zero-order chi connectivity index (χ0) is 34.6. The molecule has 252 valence electrons. The van der Waals surface area contributed by atoms with Crippen molar-refractivity contribution < 1.29 is 55.2 Å². The number of ether oxygens (including phenoxy) is 2. The summed E-state index contributed by atoms with van der Waals surface area (Å²) in [5.74, 6) is -0.131.